The lowest BCUT2D eigenvalue weighted by atomic mass is 10.1. The highest BCUT2D eigenvalue weighted by molar-refractivity contribution is 5.80. The van der Waals surface area contributed by atoms with E-state index in [9.17, 15) is 9.70 Å². The molecular formula is C10H8N2O2. The Morgan fingerprint density at radius 3 is 2.71 bits per heavy atom. The van der Waals surface area contributed by atoms with Crippen LogP contribution in [0.5, 0.6) is 0 Å². The van der Waals surface area contributed by atoms with Crippen molar-refractivity contribution in [3.05, 3.63) is 45.0 Å². The molecular weight excluding hydrogens is 180 g/mol. The van der Waals surface area contributed by atoms with Gasteiger partial charge in [0.15, 0.2) is 11.2 Å². The summed E-state index contributed by atoms with van der Waals surface area (Å²) in [6.07, 6.45) is 0. The lowest BCUT2D eigenvalue weighted by Gasteiger charge is -2.00. The highest BCUT2D eigenvalue weighted by Crippen LogP contribution is 2.16. The number of pyridine rings is 1. The van der Waals surface area contributed by atoms with Crippen molar-refractivity contribution in [1.29, 1.82) is 0 Å². The molecule has 0 spiro atoms. The molecule has 0 aliphatic carbocycles. The molecule has 4 heteroatoms. The molecule has 0 aliphatic rings. The van der Waals surface area contributed by atoms with Gasteiger partial charge in [-0.3, -0.25) is 4.79 Å². The average Bonchev–Trinajstić information content (AvgIpc) is 2.23. The number of benzene rings is 1. The summed E-state index contributed by atoms with van der Waals surface area (Å²) in [5.41, 5.74) is 0.852. The number of hydrogen-bond donors (Lipinski definition) is 1. The third-order valence-electron chi connectivity index (χ3n) is 2.21. The van der Waals surface area contributed by atoms with E-state index >= 15 is 0 Å². The monoisotopic (exact) mass is 188 g/mol. The molecule has 0 atom stereocenters. The van der Waals surface area contributed by atoms with E-state index in [-0.39, 0.29) is 11.2 Å². The van der Waals surface area contributed by atoms with Gasteiger partial charge in [-0.15, -0.1) is 4.91 Å². The number of fused-ring (bicyclic) bond motifs is 1. The second-order valence-electron chi connectivity index (χ2n) is 3.06. The zero-order chi connectivity index (χ0) is 10.1. The van der Waals surface area contributed by atoms with Gasteiger partial charge < -0.3 is 4.98 Å². The van der Waals surface area contributed by atoms with Crippen molar-refractivity contribution in [1.82, 2.24) is 4.98 Å². The first kappa shape index (κ1) is 8.62. The molecule has 1 aromatic carbocycles. The van der Waals surface area contributed by atoms with Gasteiger partial charge in [-0.25, -0.2) is 0 Å². The molecule has 0 radical (unpaired) electrons. The largest absolute Gasteiger partial charge is 0.336 e. The van der Waals surface area contributed by atoms with E-state index in [0.29, 0.717) is 16.5 Å². The molecule has 70 valence electrons. The Morgan fingerprint density at radius 2 is 2.00 bits per heavy atom. The Balaban J connectivity index is 2.99. The summed E-state index contributed by atoms with van der Waals surface area (Å²) >= 11 is 0. The van der Waals surface area contributed by atoms with Gasteiger partial charge in [0, 0.05) is 10.9 Å². The van der Waals surface area contributed by atoms with Crippen molar-refractivity contribution in [3.8, 4) is 0 Å². The quantitative estimate of drug-likeness (QED) is 0.697. The molecule has 1 N–H and O–H groups in total. The van der Waals surface area contributed by atoms with Gasteiger partial charge in [0.1, 0.15) is 0 Å². The van der Waals surface area contributed by atoms with E-state index < -0.39 is 0 Å². The van der Waals surface area contributed by atoms with Gasteiger partial charge >= 0.3 is 0 Å². The molecule has 1 aromatic heterocycles. The molecule has 0 saturated heterocycles. The normalized spacial score (nSPS) is 10.4. The molecule has 14 heavy (non-hydrogen) atoms. The number of H-pyrrole nitrogens is 1. The summed E-state index contributed by atoms with van der Waals surface area (Å²) in [4.78, 5) is 24.9. The fraction of sp³-hybridized carbons (Fsp3) is 0.100. The molecule has 4 nitrogen and oxygen atoms in total. The van der Waals surface area contributed by atoms with Crippen LogP contribution in [-0.4, -0.2) is 4.98 Å². The van der Waals surface area contributed by atoms with Crippen LogP contribution in [0.1, 0.15) is 5.56 Å². The van der Waals surface area contributed by atoms with Crippen LogP contribution in [-0.2, 0) is 0 Å². The number of rotatable bonds is 1. The summed E-state index contributed by atoms with van der Waals surface area (Å²) in [6, 6.07) is 7.04. The number of para-hydroxylation sites is 1. The van der Waals surface area contributed by atoms with Crippen molar-refractivity contribution >= 4 is 16.7 Å². The number of aromatic amines is 1. The van der Waals surface area contributed by atoms with Gasteiger partial charge in [0.05, 0.1) is 5.52 Å². The Kier molecular flexibility index (Phi) is 1.89. The number of nitrogens with one attached hydrogen (secondary N) is 1. The lowest BCUT2D eigenvalue weighted by Crippen LogP contribution is -2.06. The van der Waals surface area contributed by atoms with Gasteiger partial charge in [0.25, 0.3) is 0 Å². The highest BCUT2D eigenvalue weighted by atomic mass is 16.3. The van der Waals surface area contributed by atoms with E-state index in [1.54, 1.807) is 31.2 Å². The predicted octanol–water partition coefficient (Wildman–Crippen LogP) is 2.23. The molecule has 0 amide bonds. The van der Waals surface area contributed by atoms with Crippen LogP contribution < -0.4 is 5.43 Å². The van der Waals surface area contributed by atoms with Crippen LogP contribution in [0.2, 0.25) is 0 Å². The summed E-state index contributed by atoms with van der Waals surface area (Å²) < 4.78 is 0. The van der Waals surface area contributed by atoms with Crippen molar-refractivity contribution < 1.29 is 0 Å². The maximum atomic E-state index is 11.7. The van der Waals surface area contributed by atoms with E-state index in [0.717, 1.165) is 0 Å². The topological polar surface area (TPSA) is 62.3 Å². The minimum atomic E-state index is -0.144. The SMILES string of the molecule is Cc1c(N=O)[nH]c2ccccc2c1=O. The van der Waals surface area contributed by atoms with Crippen LogP contribution in [0, 0.1) is 11.8 Å². The molecule has 1 heterocycles. The van der Waals surface area contributed by atoms with Crippen LogP contribution in [0.3, 0.4) is 0 Å². The zero-order valence-electron chi connectivity index (χ0n) is 7.57. The van der Waals surface area contributed by atoms with Gasteiger partial charge in [-0.1, -0.05) is 12.1 Å². The Labute approximate surface area is 79.6 Å². The standard InChI is InChI=1S/C10H8N2O2/c1-6-9(13)7-4-2-3-5-8(7)11-10(6)12-14/h2-5H,1H3,(H,11,13). The average molecular weight is 188 g/mol. The fourth-order valence-electron chi connectivity index (χ4n) is 1.41. The second-order valence-corrected chi connectivity index (χ2v) is 3.06. The fourth-order valence-corrected chi connectivity index (χ4v) is 1.41. The number of nitroso groups, excluding NO2 is 1. The van der Waals surface area contributed by atoms with E-state index in [1.165, 1.54) is 0 Å². The number of hydrogen-bond acceptors (Lipinski definition) is 3. The molecule has 0 saturated carbocycles. The van der Waals surface area contributed by atoms with Gasteiger partial charge in [0.2, 0.25) is 0 Å². The van der Waals surface area contributed by atoms with Crippen molar-refractivity contribution in [2.24, 2.45) is 5.18 Å². The summed E-state index contributed by atoms with van der Waals surface area (Å²) in [5, 5.41) is 3.36. The summed E-state index contributed by atoms with van der Waals surface area (Å²) in [7, 11) is 0. The first-order valence-electron chi connectivity index (χ1n) is 4.19. The lowest BCUT2D eigenvalue weighted by molar-refractivity contribution is 1.24. The van der Waals surface area contributed by atoms with Crippen LogP contribution in [0.25, 0.3) is 10.9 Å². The maximum Gasteiger partial charge on any atom is 0.194 e. The molecule has 0 fully saturated rings. The van der Waals surface area contributed by atoms with Crippen LogP contribution in [0.4, 0.5) is 5.82 Å². The number of nitrogens with zero attached hydrogens (tertiary/aromatic N) is 1. The molecule has 2 rings (SSSR count). The van der Waals surface area contributed by atoms with E-state index in [2.05, 4.69) is 10.2 Å². The first-order chi connectivity index (χ1) is 6.74. The summed E-state index contributed by atoms with van der Waals surface area (Å²) in [6.45, 7) is 1.59. The third kappa shape index (κ3) is 1.12. The Bertz CT molecular complexity index is 558. The number of aromatic nitrogens is 1. The predicted molar refractivity (Wildman–Crippen MR) is 54.8 cm³/mol. The minimum Gasteiger partial charge on any atom is -0.336 e. The second kappa shape index (κ2) is 3.06. The van der Waals surface area contributed by atoms with Gasteiger partial charge in [-0.05, 0) is 24.2 Å². The van der Waals surface area contributed by atoms with E-state index in [1.807, 2.05) is 0 Å². The van der Waals surface area contributed by atoms with Crippen molar-refractivity contribution in [2.75, 3.05) is 0 Å². The molecule has 0 unspecified atom stereocenters. The minimum absolute atomic E-state index is 0.105. The maximum absolute atomic E-state index is 11.7. The molecule has 0 aliphatic heterocycles. The highest BCUT2D eigenvalue weighted by Gasteiger charge is 2.07. The van der Waals surface area contributed by atoms with Crippen LogP contribution >= 0.6 is 0 Å². The first-order valence-corrected chi connectivity index (χ1v) is 4.19. The molecule has 0 bridgehead atoms. The Morgan fingerprint density at radius 1 is 1.29 bits per heavy atom. The van der Waals surface area contributed by atoms with Crippen LogP contribution in [0.15, 0.2) is 34.2 Å². The van der Waals surface area contributed by atoms with Crippen molar-refractivity contribution in [2.45, 2.75) is 6.92 Å². The van der Waals surface area contributed by atoms with E-state index in [4.69, 9.17) is 0 Å². The third-order valence-corrected chi connectivity index (χ3v) is 2.21. The zero-order valence-corrected chi connectivity index (χ0v) is 7.57. The smallest absolute Gasteiger partial charge is 0.194 e. The van der Waals surface area contributed by atoms with Gasteiger partial charge in [-0.2, -0.15) is 0 Å². The Hall–Kier alpha value is -1.97. The summed E-state index contributed by atoms with van der Waals surface area (Å²) in [5.74, 6) is 0.105. The molecule has 2 aromatic rings. The van der Waals surface area contributed by atoms with Crippen molar-refractivity contribution in [3.63, 3.8) is 0 Å².